The lowest BCUT2D eigenvalue weighted by molar-refractivity contribution is 0.417. The van der Waals surface area contributed by atoms with Crippen LogP contribution in [0.4, 0.5) is 5.69 Å². The molecule has 29 heavy (non-hydrogen) atoms. The van der Waals surface area contributed by atoms with Crippen LogP contribution in [0, 0.1) is 6.92 Å². The van der Waals surface area contributed by atoms with Gasteiger partial charge in [-0.25, -0.2) is 8.42 Å². The molecule has 1 aromatic carbocycles. The maximum Gasteiger partial charge on any atom is 0.263 e. The van der Waals surface area contributed by atoms with Gasteiger partial charge in [0.2, 0.25) is 0 Å². The van der Waals surface area contributed by atoms with E-state index in [1.54, 1.807) is 34.6 Å². The van der Waals surface area contributed by atoms with Gasteiger partial charge in [0.05, 0.1) is 18.8 Å². The molecule has 0 bridgehead atoms. The number of methoxy groups -OCH3 is 1. The van der Waals surface area contributed by atoms with Gasteiger partial charge in [0, 0.05) is 25.7 Å². The van der Waals surface area contributed by atoms with E-state index in [0.29, 0.717) is 28.5 Å². The third kappa shape index (κ3) is 3.18. The normalized spacial score (nSPS) is 11.7. The van der Waals surface area contributed by atoms with Crippen molar-refractivity contribution in [2.75, 3.05) is 11.8 Å². The number of pyridine rings is 1. The zero-order valence-electron chi connectivity index (χ0n) is 16.3. The number of benzene rings is 1. The summed E-state index contributed by atoms with van der Waals surface area (Å²) >= 11 is 0. The predicted octanol–water partition coefficient (Wildman–Crippen LogP) is 1.88. The van der Waals surface area contributed by atoms with Crippen molar-refractivity contribution in [3.63, 3.8) is 0 Å². The van der Waals surface area contributed by atoms with Crippen LogP contribution >= 0.6 is 0 Å². The molecule has 0 saturated carbocycles. The van der Waals surface area contributed by atoms with Crippen LogP contribution in [0.2, 0.25) is 0 Å². The molecule has 0 aliphatic carbocycles. The number of hydrogen-bond donors (Lipinski definition) is 1. The first kappa shape index (κ1) is 18.9. The molecule has 150 valence electrons. The Morgan fingerprint density at radius 1 is 1.07 bits per heavy atom. The number of nitrogens with zero attached hydrogens (tertiary/aromatic N) is 6. The Morgan fingerprint density at radius 3 is 2.48 bits per heavy atom. The number of hydrogen-bond acceptors (Lipinski definition) is 7. The summed E-state index contributed by atoms with van der Waals surface area (Å²) in [6, 6.07) is 6.59. The summed E-state index contributed by atoms with van der Waals surface area (Å²) in [6.07, 6.45) is 2.95. The number of sulfonamides is 1. The summed E-state index contributed by atoms with van der Waals surface area (Å²) in [5.74, 6) is 1.68. The molecule has 0 fully saturated rings. The first-order chi connectivity index (χ1) is 13.8. The number of fused-ring (bicyclic) bond motifs is 1. The smallest absolute Gasteiger partial charge is 0.263 e. The van der Waals surface area contributed by atoms with Crippen molar-refractivity contribution in [2.45, 2.75) is 11.8 Å². The molecule has 3 aromatic heterocycles. The van der Waals surface area contributed by atoms with E-state index in [1.807, 2.05) is 20.0 Å². The van der Waals surface area contributed by atoms with E-state index in [9.17, 15) is 8.42 Å². The zero-order chi connectivity index (χ0) is 20.8. The van der Waals surface area contributed by atoms with E-state index in [0.717, 1.165) is 11.2 Å². The SMILES string of the molecule is COc1ccc2cnn(C)c2c1NS(=O)(=O)c1ccc(-c2nnc(C)n2C)nc1. The van der Waals surface area contributed by atoms with Crippen molar-refractivity contribution in [1.82, 2.24) is 29.5 Å². The van der Waals surface area contributed by atoms with Gasteiger partial charge in [-0.15, -0.1) is 10.2 Å². The number of ether oxygens (including phenoxy) is 1. The zero-order valence-corrected chi connectivity index (χ0v) is 17.1. The van der Waals surface area contributed by atoms with Crippen molar-refractivity contribution in [2.24, 2.45) is 14.1 Å². The summed E-state index contributed by atoms with van der Waals surface area (Å²) in [7, 11) is 1.12. The minimum Gasteiger partial charge on any atom is -0.494 e. The van der Waals surface area contributed by atoms with Gasteiger partial charge in [-0.2, -0.15) is 5.10 Å². The van der Waals surface area contributed by atoms with E-state index in [4.69, 9.17) is 4.74 Å². The van der Waals surface area contributed by atoms with Gasteiger partial charge in [-0.1, -0.05) is 0 Å². The van der Waals surface area contributed by atoms with Crippen LogP contribution in [0.25, 0.3) is 22.4 Å². The Morgan fingerprint density at radius 2 is 1.86 bits per heavy atom. The molecule has 0 atom stereocenters. The Hall–Kier alpha value is -3.47. The molecule has 11 heteroatoms. The number of aromatic nitrogens is 6. The first-order valence-electron chi connectivity index (χ1n) is 8.66. The highest BCUT2D eigenvalue weighted by molar-refractivity contribution is 7.92. The molecule has 3 heterocycles. The fraction of sp³-hybridized carbons (Fsp3) is 0.222. The van der Waals surface area contributed by atoms with Crippen molar-refractivity contribution < 1.29 is 13.2 Å². The monoisotopic (exact) mass is 413 g/mol. The Bertz CT molecular complexity index is 1310. The quantitative estimate of drug-likeness (QED) is 0.531. The lowest BCUT2D eigenvalue weighted by atomic mass is 10.2. The van der Waals surface area contributed by atoms with E-state index < -0.39 is 10.0 Å². The van der Waals surface area contributed by atoms with Crippen molar-refractivity contribution in [3.8, 4) is 17.3 Å². The molecular weight excluding hydrogens is 394 g/mol. The number of rotatable bonds is 5. The maximum absolute atomic E-state index is 13.0. The first-order valence-corrected chi connectivity index (χ1v) is 10.1. The van der Waals surface area contributed by atoms with Crippen LogP contribution in [0.15, 0.2) is 41.6 Å². The maximum atomic E-state index is 13.0. The van der Waals surface area contributed by atoms with Crippen molar-refractivity contribution in [3.05, 3.63) is 42.5 Å². The van der Waals surface area contributed by atoms with Gasteiger partial charge < -0.3 is 9.30 Å². The summed E-state index contributed by atoms with van der Waals surface area (Å²) in [4.78, 5) is 4.27. The predicted molar refractivity (Wildman–Crippen MR) is 107 cm³/mol. The highest BCUT2D eigenvalue weighted by Crippen LogP contribution is 2.34. The van der Waals surface area contributed by atoms with Gasteiger partial charge in [0.15, 0.2) is 5.82 Å². The van der Waals surface area contributed by atoms with Gasteiger partial charge in [-0.05, 0) is 31.2 Å². The third-order valence-electron chi connectivity index (χ3n) is 4.69. The van der Waals surface area contributed by atoms with E-state index in [1.165, 1.54) is 19.4 Å². The minimum absolute atomic E-state index is 0.0152. The third-order valence-corrected chi connectivity index (χ3v) is 6.02. The second-order valence-corrected chi connectivity index (χ2v) is 8.15. The fourth-order valence-corrected chi connectivity index (χ4v) is 4.03. The lowest BCUT2D eigenvalue weighted by Crippen LogP contribution is -2.15. The van der Waals surface area contributed by atoms with Crippen LogP contribution in [0.5, 0.6) is 5.75 Å². The average Bonchev–Trinajstić information content (AvgIpc) is 3.25. The van der Waals surface area contributed by atoms with E-state index in [-0.39, 0.29) is 4.90 Å². The summed E-state index contributed by atoms with van der Waals surface area (Å²) in [6.45, 7) is 1.83. The molecule has 0 spiro atoms. The van der Waals surface area contributed by atoms with Gasteiger partial charge in [0.1, 0.15) is 27.9 Å². The second-order valence-electron chi connectivity index (χ2n) is 6.46. The molecule has 1 N–H and O–H groups in total. The average molecular weight is 413 g/mol. The van der Waals surface area contributed by atoms with Crippen molar-refractivity contribution >= 4 is 26.6 Å². The molecule has 0 aliphatic rings. The summed E-state index contributed by atoms with van der Waals surface area (Å²) in [5, 5.41) is 13.0. The molecule has 0 aliphatic heterocycles. The summed E-state index contributed by atoms with van der Waals surface area (Å²) < 4.78 is 37.3. The highest BCUT2D eigenvalue weighted by Gasteiger charge is 2.21. The lowest BCUT2D eigenvalue weighted by Gasteiger charge is -2.14. The van der Waals surface area contributed by atoms with Crippen molar-refractivity contribution in [1.29, 1.82) is 0 Å². The topological polar surface area (TPSA) is 117 Å². The standard InChI is InChI=1S/C18H19N7O3S/c1-11-21-22-18(24(11)2)14-7-6-13(10-19-14)29(26,27)23-16-15(28-4)8-5-12-9-20-25(3)17(12)16/h5-10,23H,1-4H3. The molecule has 4 aromatic rings. The Balaban J connectivity index is 1.72. The van der Waals surface area contributed by atoms with Crippen LogP contribution in [0.1, 0.15) is 5.82 Å². The fourth-order valence-electron chi connectivity index (χ4n) is 3.01. The Kier molecular flexibility index (Phi) is 4.46. The second kappa shape index (κ2) is 6.85. The van der Waals surface area contributed by atoms with Gasteiger partial charge in [-0.3, -0.25) is 14.4 Å². The molecule has 4 rings (SSSR count). The largest absolute Gasteiger partial charge is 0.494 e. The van der Waals surface area contributed by atoms with Crippen LogP contribution in [-0.2, 0) is 24.1 Å². The van der Waals surface area contributed by atoms with Crippen LogP contribution < -0.4 is 9.46 Å². The highest BCUT2D eigenvalue weighted by atomic mass is 32.2. The van der Waals surface area contributed by atoms with Gasteiger partial charge >= 0.3 is 0 Å². The molecule has 0 amide bonds. The van der Waals surface area contributed by atoms with Crippen LogP contribution in [0.3, 0.4) is 0 Å². The molecular formula is C18H19N7O3S. The minimum atomic E-state index is -3.91. The number of anilines is 1. The molecule has 0 unspecified atom stereocenters. The Labute approximate surface area is 167 Å². The van der Waals surface area contributed by atoms with E-state index >= 15 is 0 Å². The number of nitrogens with one attached hydrogen (secondary N) is 1. The summed E-state index contributed by atoms with van der Waals surface area (Å²) in [5.41, 5.74) is 1.46. The molecule has 0 saturated heterocycles. The molecule has 10 nitrogen and oxygen atoms in total. The van der Waals surface area contributed by atoms with Gasteiger partial charge in [0.25, 0.3) is 10.0 Å². The van der Waals surface area contributed by atoms with E-state index in [2.05, 4.69) is 25.0 Å². The molecule has 0 radical (unpaired) electrons. The number of aryl methyl sites for hydroxylation is 2. The van der Waals surface area contributed by atoms with Crippen LogP contribution in [-0.4, -0.2) is 45.1 Å².